The minimum atomic E-state index is 0.599. The first-order chi connectivity index (χ1) is 12.2. The minimum Gasteiger partial charge on any atom is -0.355 e. The van der Waals surface area contributed by atoms with Gasteiger partial charge in [0.05, 0.1) is 0 Å². The molecule has 0 saturated carbocycles. The molecule has 0 amide bonds. The molecule has 3 heterocycles. The maximum Gasteiger partial charge on any atom is 0.200 e. The fourth-order valence-corrected chi connectivity index (χ4v) is 3.55. The van der Waals surface area contributed by atoms with Gasteiger partial charge in [-0.2, -0.15) is 0 Å². The summed E-state index contributed by atoms with van der Waals surface area (Å²) in [6, 6.07) is 13.1. The van der Waals surface area contributed by atoms with Gasteiger partial charge in [-0.05, 0) is 64.8 Å². The SMILES string of the molecule is CC(C)c1ccc(CC2CCN(c3ccc4nnnn4n3)CC2)cc1. The molecule has 1 aliphatic rings. The van der Waals surface area contributed by atoms with Crippen molar-refractivity contribution in [3.63, 3.8) is 0 Å². The van der Waals surface area contributed by atoms with Crippen molar-refractivity contribution in [2.75, 3.05) is 18.0 Å². The summed E-state index contributed by atoms with van der Waals surface area (Å²) in [6.45, 7) is 6.56. The number of piperidine rings is 1. The van der Waals surface area contributed by atoms with Crippen LogP contribution < -0.4 is 4.90 Å². The van der Waals surface area contributed by atoms with Crippen molar-refractivity contribution in [3.05, 3.63) is 47.5 Å². The third-order valence-corrected chi connectivity index (χ3v) is 5.16. The van der Waals surface area contributed by atoms with Crippen LogP contribution in [0.1, 0.15) is 43.7 Å². The molecule has 1 aliphatic heterocycles. The maximum absolute atomic E-state index is 4.50. The van der Waals surface area contributed by atoms with Gasteiger partial charge >= 0.3 is 0 Å². The van der Waals surface area contributed by atoms with Gasteiger partial charge in [0.1, 0.15) is 0 Å². The second kappa shape index (κ2) is 6.78. The monoisotopic (exact) mass is 336 g/mol. The highest BCUT2D eigenvalue weighted by Gasteiger charge is 2.21. The molecule has 0 atom stereocenters. The van der Waals surface area contributed by atoms with E-state index < -0.39 is 0 Å². The predicted molar refractivity (Wildman–Crippen MR) is 97.7 cm³/mol. The number of tetrazole rings is 1. The smallest absolute Gasteiger partial charge is 0.200 e. The van der Waals surface area contributed by atoms with Gasteiger partial charge in [-0.25, -0.2) is 0 Å². The standard InChI is InChI=1S/C19H24N6/c1-14(2)17-5-3-15(4-6-17)13-16-9-11-24(12-10-16)19-8-7-18-20-22-23-25(18)21-19/h3-8,14,16H,9-13H2,1-2H3. The van der Waals surface area contributed by atoms with E-state index in [9.17, 15) is 0 Å². The largest absolute Gasteiger partial charge is 0.355 e. The van der Waals surface area contributed by atoms with Crippen LogP contribution in [0.25, 0.3) is 5.65 Å². The van der Waals surface area contributed by atoms with Crippen LogP contribution in [0.15, 0.2) is 36.4 Å². The van der Waals surface area contributed by atoms with Crippen LogP contribution in [0, 0.1) is 5.92 Å². The molecule has 3 aromatic rings. The fraction of sp³-hybridized carbons (Fsp3) is 0.474. The molecule has 1 aromatic carbocycles. The number of rotatable bonds is 4. The predicted octanol–water partition coefficient (Wildman–Crippen LogP) is 3.10. The first-order valence-electron chi connectivity index (χ1n) is 9.08. The second-order valence-electron chi connectivity index (χ2n) is 7.25. The van der Waals surface area contributed by atoms with Crippen molar-refractivity contribution >= 4 is 11.5 Å². The Bertz CT molecular complexity index is 831. The number of hydrogen-bond acceptors (Lipinski definition) is 5. The van der Waals surface area contributed by atoms with Gasteiger partial charge in [-0.3, -0.25) is 0 Å². The summed E-state index contributed by atoms with van der Waals surface area (Å²) in [5.41, 5.74) is 3.56. The van der Waals surface area contributed by atoms with Crippen molar-refractivity contribution in [1.82, 2.24) is 25.3 Å². The summed E-state index contributed by atoms with van der Waals surface area (Å²) in [7, 11) is 0. The average Bonchev–Trinajstić information content (AvgIpc) is 3.10. The molecule has 0 N–H and O–H groups in total. The van der Waals surface area contributed by atoms with E-state index in [1.165, 1.54) is 35.0 Å². The van der Waals surface area contributed by atoms with E-state index >= 15 is 0 Å². The van der Waals surface area contributed by atoms with E-state index in [1.807, 2.05) is 12.1 Å². The number of anilines is 1. The van der Waals surface area contributed by atoms with E-state index in [4.69, 9.17) is 0 Å². The Kier molecular flexibility index (Phi) is 4.34. The quantitative estimate of drug-likeness (QED) is 0.733. The normalized spacial score (nSPS) is 16.0. The molecule has 0 aliphatic carbocycles. The Balaban J connectivity index is 1.36. The first-order valence-corrected chi connectivity index (χ1v) is 9.08. The molecular formula is C19H24N6. The Morgan fingerprint density at radius 3 is 2.52 bits per heavy atom. The molecule has 0 unspecified atom stereocenters. The highest BCUT2D eigenvalue weighted by Crippen LogP contribution is 2.25. The van der Waals surface area contributed by atoms with Crippen molar-refractivity contribution in [2.45, 2.75) is 39.0 Å². The summed E-state index contributed by atoms with van der Waals surface area (Å²) in [5.74, 6) is 2.31. The van der Waals surface area contributed by atoms with Gasteiger partial charge in [-0.15, -0.1) is 14.8 Å². The van der Waals surface area contributed by atoms with E-state index in [0.717, 1.165) is 24.8 Å². The van der Waals surface area contributed by atoms with Crippen molar-refractivity contribution < 1.29 is 0 Å². The summed E-state index contributed by atoms with van der Waals surface area (Å²) >= 11 is 0. The molecule has 4 rings (SSSR count). The molecule has 1 saturated heterocycles. The number of aromatic nitrogens is 5. The van der Waals surface area contributed by atoms with Crippen LogP contribution in [0.3, 0.4) is 0 Å². The summed E-state index contributed by atoms with van der Waals surface area (Å²) < 4.78 is 1.50. The zero-order chi connectivity index (χ0) is 17.2. The van der Waals surface area contributed by atoms with Crippen LogP contribution in [0.2, 0.25) is 0 Å². The Morgan fingerprint density at radius 2 is 1.80 bits per heavy atom. The van der Waals surface area contributed by atoms with E-state index in [2.05, 4.69) is 63.6 Å². The lowest BCUT2D eigenvalue weighted by atomic mass is 9.89. The molecule has 1 fully saturated rings. The molecule has 6 heteroatoms. The van der Waals surface area contributed by atoms with Crippen LogP contribution in [0.4, 0.5) is 5.82 Å². The summed E-state index contributed by atoms with van der Waals surface area (Å²) in [6.07, 6.45) is 3.56. The second-order valence-corrected chi connectivity index (χ2v) is 7.25. The summed E-state index contributed by atoms with van der Waals surface area (Å²) in [5, 5.41) is 15.9. The van der Waals surface area contributed by atoms with E-state index in [1.54, 1.807) is 0 Å². The number of fused-ring (bicyclic) bond motifs is 1. The van der Waals surface area contributed by atoms with Gasteiger partial charge in [0.2, 0.25) is 0 Å². The molecular weight excluding hydrogens is 312 g/mol. The Hall–Kier alpha value is -2.50. The Labute approximate surface area is 147 Å². The summed E-state index contributed by atoms with van der Waals surface area (Å²) in [4.78, 5) is 2.33. The molecule has 2 aromatic heterocycles. The molecule has 0 bridgehead atoms. The first kappa shape index (κ1) is 16.0. The average molecular weight is 336 g/mol. The number of hydrogen-bond donors (Lipinski definition) is 0. The molecule has 0 radical (unpaired) electrons. The van der Waals surface area contributed by atoms with Gasteiger partial charge in [0, 0.05) is 13.1 Å². The van der Waals surface area contributed by atoms with Gasteiger partial charge in [-0.1, -0.05) is 38.1 Å². The van der Waals surface area contributed by atoms with E-state index in [0.29, 0.717) is 11.6 Å². The molecule has 0 spiro atoms. The maximum atomic E-state index is 4.50. The van der Waals surface area contributed by atoms with Crippen LogP contribution >= 0.6 is 0 Å². The third kappa shape index (κ3) is 3.48. The van der Waals surface area contributed by atoms with Crippen LogP contribution in [0.5, 0.6) is 0 Å². The van der Waals surface area contributed by atoms with Crippen LogP contribution in [-0.2, 0) is 6.42 Å². The topological polar surface area (TPSA) is 59.2 Å². The molecule has 6 nitrogen and oxygen atoms in total. The van der Waals surface area contributed by atoms with E-state index in [-0.39, 0.29) is 0 Å². The lowest BCUT2D eigenvalue weighted by Gasteiger charge is -2.32. The highest BCUT2D eigenvalue weighted by molar-refractivity contribution is 5.44. The van der Waals surface area contributed by atoms with Crippen LogP contribution in [-0.4, -0.2) is 38.3 Å². The van der Waals surface area contributed by atoms with Gasteiger partial charge in [0.25, 0.3) is 0 Å². The van der Waals surface area contributed by atoms with Crippen molar-refractivity contribution in [1.29, 1.82) is 0 Å². The third-order valence-electron chi connectivity index (χ3n) is 5.16. The van der Waals surface area contributed by atoms with Crippen molar-refractivity contribution in [3.8, 4) is 0 Å². The zero-order valence-corrected chi connectivity index (χ0v) is 14.8. The lowest BCUT2D eigenvalue weighted by Crippen LogP contribution is -2.35. The van der Waals surface area contributed by atoms with Gasteiger partial charge in [0.15, 0.2) is 11.5 Å². The van der Waals surface area contributed by atoms with Gasteiger partial charge < -0.3 is 4.90 Å². The lowest BCUT2D eigenvalue weighted by molar-refractivity contribution is 0.401. The molecule has 25 heavy (non-hydrogen) atoms. The van der Waals surface area contributed by atoms with Crippen molar-refractivity contribution in [2.24, 2.45) is 5.92 Å². The molecule has 130 valence electrons. The number of nitrogens with zero attached hydrogens (tertiary/aromatic N) is 6. The fourth-order valence-electron chi connectivity index (χ4n) is 3.55. The number of benzene rings is 1. The highest BCUT2D eigenvalue weighted by atomic mass is 15.6. The zero-order valence-electron chi connectivity index (χ0n) is 14.8. The minimum absolute atomic E-state index is 0.599. The Morgan fingerprint density at radius 1 is 1.04 bits per heavy atom.